The van der Waals surface area contributed by atoms with E-state index in [1.165, 1.54) is 0 Å². The molecule has 0 aromatic carbocycles. The van der Waals surface area contributed by atoms with Crippen LogP contribution in [0.2, 0.25) is 0 Å². The Balaban J connectivity index is 3.01. The number of aromatic nitrogens is 1. The summed E-state index contributed by atoms with van der Waals surface area (Å²) in [5.41, 5.74) is 1.09. The molecule has 0 aliphatic carbocycles. The van der Waals surface area contributed by atoms with E-state index in [4.69, 9.17) is 0 Å². The zero-order valence-corrected chi connectivity index (χ0v) is 11.1. The Morgan fingerprint density at radius 2 is 1.93 bits per heavy atom. The van der Waals surface area contributed by atoms with Crippen LogP contribution in [0, 0.1) is 5.92 Å². The molecule has 2 nitrogen and oxygen atoms in total. The van der Waals surface area contributed by atoms with Gasteiger partial charge in [0.1, 0.15) is 0 Å². The van der Waals surface area contributed by atoms with Crippen molar-refractivity contribution in [2.24, 2.45) is 5.92 Å². The molecule has 0 spiro atoms. The van der Waals surface area contributed by atoms with Crippen LogP contribution in [0.25, 0.3) is 0 Å². The zero-order valence-electron chi connectivity index (χ0n) is 10.3. The quantitative estimate of drug-likeness (QED) is 0.860. The SMILES string of the molecule is CC(C)Cc1nc(C(C)(C)C)c(CO)s1. The third kappa shape index (κ3) is 3.28. The van der Waals surface area contributed by atoms with Gasteiger partial charge in [-0.3, -0.25) is 0 Å². The topological polar surface area (TPSA) is 33.1 Å². The van der Waals surface area contributed by atoms with E-state index in [2.05, 4.69) is 39.6 Å². The molecule has 0 aliphatic heterocycles. The third-order valence-electron chi connectivity index (χ3n) is 2.18. The first-order valence-corrected chi connectivity index (χ1v) is 6.26. The van der Waals surface area contributed by atoms with Crippen LogP contribution in [-0.2, 0) is 18.4 Å². The van der Waals surface area contributed by atoms with Gasteiger partial charge in [-0.05, 0) is 5.92 Å². The molecule has 1 aromatic rings. The van der Waals surface area contributed by atoms with Gasteiger partial charge in [0, 0.05) is 11.8 Å². The van der Waals surface area contributed by atoms with Gasteiger partial charge in [0.15, 0.2) is 0 Å². The highest BCUT2D eigenvalue weighted by molar-refractivity contribution is 7.11. The summed E-state index contributed by atoms with van der Waals surface area (Å²) in [6, 6.07) is 0. The highest BCUT2D eigenvalue weighted by Crippen LogP contribution is 2.30. The number of nitrogens with zero attached hydrogens (tertiary/aromatic N) is 1. The fraction of sp³-hybridized carbons (Fsp3) is 0.750. The summed E-state index contributed by atoms with van der Waals surface area (Å²) in [5, 5.41) is 10.5. The van der Waals surface area contributed by atoms with Crippen molar-refractivity contribution in [3.8, 4) is 0 Å². The molecule has 3 heteroatoms. The number of hydrogen-bond donors (Lipinski definition) is 1. The summed E-state index contributed by atoms with van der Waals surface area (Å²) in [6.45, 7) is 10.9. The molecule has 0 saturated carbocycles. The molecular weight excluding hydrogens is 206 g/mol. The molecule has 0 atom stereocenters. The van der Waals surface area contributed by atoms with Crippen molar-refractivity contribution < 1.29 is 5.11 Å². The van der Waals surface area contributed by atoms with Crippen molar-refractivity contribution in [2.45, 2.75) is 53.1 Å². The minimum atomic E-state index is 0.0315. The van der Waals surface area contributed by atoms with Crippen LogP contribution in [0.1, 0.15) is 50.2 Å². The van der Waals surface area contributed by atoms with Gasteiger partial charge in [0.2, 0.25) is 0 Å². The monoisotopic (exact) mass is 227 g/mol. The Hall–Kier alpha value is -0.410. The molecule has 0 amide bonds. The Morgan fingerprint density at radius 3 is 2.27 bits per heavy atom. The Labute approximate surface area is 96.4 Å². The highest BCUT2D eigenvalue weighted by Gasteiger charge is 2.22. The lowest BCUT2D eigenvalue weighted by molar-refractivity contribution is 0.282. The van der Waals surface area contributed by atoms with Gasteiger partial charge in [-0.1, -0.05) is 34.6 Å². The predicted molar refractivity (Wildman–Crippen MR) is 65.3 cm³/mol. The molecule has 1 heterocycles. The van der Waals surface area contributed by atoms with Crippen LogP contribution in [0.15, 0.2) is 0 Å². The first kappa shape index (κ1) is 12.7. The molecular formula is C12H21NOS. The molecule has 0 aliphatic rings. The zero-order chi connectivity index (χ0) is 11.6. The normalized spacial score (nSPS) is 12.5. The number of hydrogen-bond acceptors (Lipinski definition) is 3. The van der Waals surface area contributed by atoms with E-state index in [0.717, 1.165) is 22.0 Å². The fourth-order valence-corrected chi connectivity index (χ4v) is 2.88. The number of thiazole rings is 1. The molecule has 1 aromatic heterocycles. The maximum Gasteiger partial charge on any atom is 0.0934 e. The Kier molecular flexibility index (Phi) is 3.90. The van der Waals surface area contributed by atoms with Crippen LogP contribution in [0.5, 0.6) is 0 Å². The smallest absolute Gasteiger partial charge is 0.0934 e. The van der Waals surface area contributed by atoms with Crippen LogP contribution < -0.4 is 0 Å². The minimum absolute atomic E-state index is 0.0315. The van der Waals surface area contributed by atoms with Crippen LogP contribution >= 0.6 is 11.3 Å². The lowest BCUT2D eigenvalue weighted by Crippen LogP contribution is -2.14. The van der Waals surface area contributed by atoms with Crippen molar-refractivity contribution in [2.75, 3.05) is 0 Å². The molecule has 0 saturated heterocycles. The highest BCUT2D eigenvalue weighted by atomic mass is 32.1. The summed E-state index contributed by atoms with van der Waals surface area (Å²) < 4.78 is 0. The van der Waals surface area contributed by atoms with E-state index in [-0.39, 0.29) is 12.0 Å². The van der Waals surface area contributed by atoms with E-state index in [9.17, 15) is 5.11 Å². The maximum atomic E-state index is 9.30. The second-order valence-electron chi connectivity index (χ2n) is 5.39. The Bertz CT molecular complexity index is 323. The number of aliphatic hydroxyl groups is 1. The van der Waals surface area contributed by atoms with Gasteiger partial charge >= 0.3 is 0 Å². The second-order valence-corrected chi connectivity index (χ2v) is 6.55. The molecule has 15 heavy (non-hydrogen) atoms. The molecule has 0 radical (unpaired) electrons. The van der Waals surface area contributed by atoms with Crippen LogP contribution in [0.3, 0.4) is 0 Å². The summed E-state index contributed by atoms with van der Waals surface area (Å²) in [4.78, 5) is 5.68. The summed E-state index contributed by atoms with van der Waals surface area (Å²) in [5.74, 6) is 0.621. The van der Waals surface area contributed by atoms with Crippen molar-refractivity contribution >= 4 is 11.3 Å². The molecule has 0 fully saturated rings. The molecule has 0 bridgehead atoms. The maximum absolute atomic E-state index is 9.30. The average Bonchev–Trinajstić information content (AvgIpc) is 2.45. The molecule has 86 valence electrons. The number of aliphatic hydroxyl groups excluding tert-OH is 1. The van der Waals surface area contributed by atoms with E-state index < -0.39 is 0 Å². The van der Waals surface area contributed by atoms with E-state index in [1.807, 2.05) is 0 Å². The molecule has 0 unspecified atom stereocenters. The largest absolute Gasteiger partial charge is 0.391 e. The van der Waals surface area contributed by atoms with E-state index in [0.29, 0.717) is 5.92 Å². The van der Waals surface area contributed by atoms with Gasteiger partial charge in [0.05, 0.1) is 22.2 Å². The van der Waals surface area contributed by atoms with Crippen molar-refractivity contribution in [1.82, 2.24) is 4.98 Å². The minimum Gasteiger partial charge on any atom is -0.391 e. The summed E-state index contributed by atoms with van der Waals surface area (Å²) in [6.07, 6.45) is 1.01. The van der Waals surface area contributed by atoms with Gasteiger partial charge < -0.3 is 5.11 Å². The van der Waals surface area contributed by atoms with Crippen molar-refractivity contribution in [3.63, 3.8) is 0 Å². The van der Waals surface area contributed by atoms with Gasteiger partial charge in [-0.2, -0.15) is 0 Å². The predicted octanol–water partition coefficient (Wildman–Crippen LogP) is 3.13. The van der Waals surface area contributed by atoms with Crippen molar-refractivity contribution in [3.05, 3.63) is 15.6 Å². The lowest BCUT2D eigenvalue weighted by atomic mass is 9.91. The van der Waals surface area contributed by atoms with Crippen LogP contribution in [-0.4, -0.2) is 10.1 Å². The fourth-order valence-electron chi connectivity index (χ4n) is 1.53. The third-order valence-corrected chi connectivity index (χ3v) is 3.24. The number of rotatable bonds is 3. The molecule has 1 rings (SSSR count). The lowest BCUT2D eigenvalue weighted by Gasteiger charge is -2.16. The van der Waals surface area contributed by atoms with E-state index >= 15 is 0 Å². The molecule has 1 N–H and O–H groups in total. The van der Waals surface area contributed by atoms with Gasteiger partial charge in [-0.15, -0.1) is 11.3 Å². The van der Waals surface area contributed by atoms with E-state index in [1.54, 1.807) is 11.3 Å². The summed E-state index contributed by atoms with van der Waals surface area (Å²) in [7, 11) is 0. The summed E-state index contributed by atoms with van der Waals surface area (Å²) >= 11 is 1.65. The Morgan fingerprint density at radius 1 is 1.33 bits per heavy atom. The average molecular weight is 227 g/mol. The first-order chi connectivity index (χ1) is 6.84. The second kappa shape index (κ2) is 4.62. The van der Waals surface area contributed by atoms with Crippen LogP contribution in [0.4, 0.5) is 0 Å². The van der Waals surface area contributed by atoms with Crippen molar-refractivity contribution in [1.29, 1.82) is 0 Å². The van der Waals surface area contributed by atoms with Gasteiger partial charge in [-0.25, -0.2) is 4.98 Å². The standard InChI is InChI=1S/C12H21NOS/c1-8(2)6-10-13-11(12(3,4)5)9(7-14)15-10/h8,14H,6-7H2,1-5H3. The first-order valence-electron chi connectivity index (χ1n) is 5.44. The van der Waals surface area contributed by atoms with Gasteiger partial charge in [0.25, 0.3) is 0 Å².